The van der Waals surface area contributed by atoms with Gasteiger partial charge in [-0.15, -0.1) is 4.52 Å². The summed E-state index contributed by atoms with van der Waals surface area (Å²) < 4.78 is 32.3. The lowest BCUT2D eigenvalue weighted by Gasteiger charge is -2.17. The Labute approximate surface area is 168 Å². The summed E-state index contributed by atoms with van der Waals surface area (Å²) >= 11 is 0. The van der Waals surface area contributed by atoms with Gasteiger partial charge in [-0.3, -0.25) is 0 Å². The summed E-state index contributed by atoms with van der Waals surface area (Å²) in [6.07, 6.45) is 0.833. The van der Waals surface area contributed by atoms with E-state index in [1.54, 1.807) is 7.11 Å². The Morgan fingerprint density at radius 3 is 2.25 bits per heavy atom. The lowest BCUT2D eigenvalue weighted by molar-refractivity contribution is 0.0502. The summed E-state index contributed by atoms with van der Waals surface area (Å²) in [5, 5.41) is 0. The Morgan fingerprint density at radius 1 is 1.00 bits per heavy atom. The number of hydrogen-bond donors (Lipinski definition) is 0. The van der Waals surface area contributed by atoms with Crippen LogP contribution in [0.1, 0.15) is 47.6 Å². The minimum absolute atomic E-state index is 0.00931. The van der Waals surface area contributed by atoms with Crippen LogP contribution in [0.3, 0.4) is 0 Å². The summed E-state index contributed by atoms with van der Waals surface area (Å²) in [7, 11) is -0.0386. The quantitative estimate of drug-likeness (QED) is 0.373. The van der Waals surface area contributed by atoms with Crippen LogP contribution in [0.15, 0.2) is 30.3 Å². The number of hydrogen-bond acceptors (Lipinski definition) is 5. The van der Waals surface area contributed by atoms with Gasteiger partial charge in [-0.1, -0.05) is 26.0 Å². The Bertz CT molecular complexity index is 794. The van der Waals surface area contributed by atoms with E-state index in [0.717, 1.165) is 29.0 Å². The van der Waals surface area contributed by atoms with Crippen LogP contribution in [-0.4, -0.2) is 27.4 Å². The minimum Gasteiger partial charge on any atom is -0.467 e. The van der Waals surface area contributed by atoms with Gasteiger partial charge in [0.25, 0.3) is 0 Å². The molecule has 1 unspecified atom stereocenters. The molecule has 0 aliphatic carbocycles. The average molecular weight is 405 g/mol. The fraction of sp³-hybridized carbons (Fsp3) is 0.455. The predicted octanol–water partition coefficient (Wildman–Crippen LogP) is 5.73. The number of ether oxygens (including phenoxy) is 3. The Kier molecular flexibility index (Phi) is 8.43. The minimum atomic E-state index is -1.66. The van der Waals surface area contributed by atoms with Crippen LogP contribution in [0, 0.1) is 13.8 Å². The van der Waals surface area contributed by atoms with E-state index >= 15 is 0 Å². The van der Waals surface area contributed by atoms with Crippen molar-refractivity contribution >= 4 is 8.03 Å². The second kappa shape index (κ2) is 10.6. The zero-order valence-electron chi connectivity index (χ0n) is 17.6. The van der Waals surface area contributed by atoms with Gasteiger partial charge in [0.05, 0.1) is 0 Å². The predicted molar refractivity (Wildman–Crippen MR) is 112 cm³/mol. The lowest BCUT2D eigenvalue weighted by Crippen LogP contribution is -2.04. The van der Waals surface area contributed by atoms with E-state index in [9.17, 15) is 4.57 Å². The van der Waals surface area contributed by atoms with E-state index in [2.05, 4.69) is 39.8 Å². The van der Waals surface area contributed by atoms with Gasteiger partial charge < -0.3 is 14.2 Å². The molecule has 0 spiro atoms. The number of methoxy groups -OCH3 is 1. The fourth-order valence-corrected chi connectivity index (χ4v) is 3.30. The monoisotopic (exact) mass is 405 g/mol. The summed E-state index contributed by atoms with van der Waals surface area (Å²) in [5.74, 6) is 1.95. The van der Waals surface area contributed by atoms with E-state index in [1.807, 2.05) is 18.2 Å². The molecular weight excluding hydrogens is 375 g/mol. The zero-order chi connectivity index (χ0) is 20.7. The molecule has 2 rings (SSSR count). The van der Waals surface area contributed by atoms with Crippen LogP contribution in [0.5, 0.6) is 11.5 Å². The van der Waals surface area contributed by atoms with E-state index in [1.165, 1.54) is 23.4 Å². The summed E-state index contributed by atoms with van der Waals surface area (Å²) in [6, 6.07) is 10.3. The first-order chi connectivity index (χ1) is 13.3. The molecule has 0 saturated heterocycles. The van der Waals surface area contributed by atoms with Crippen molar-refractivity contribution in [3.8, 4) is 11.5 Å². The smallest absolute Gasteiger partial charge is 0.467 e. The van der Waals surface area contributed by atoms with Crippen molar-refractivity contribution in [2.75, 3.05) is 27.4 Å². The highest BCUT2D eigenvalue weighted by atomic mass is 31.1. The third-order valence-electron chi connectivity index (χ3n) is 4.54. The first-order valence-corrected chi connectivity index (χ1v) is 11.0. The molecule has 0 radical (unpaired) electrons. The topological polar surface area (TPSA) is 54.0 Å². The molecular formula is C22H30O5P+. The fourth-order valence-electron chi connectivity index (χ4n) is 3.10. The molecule has 0 amide bonds. The van der Waals surface area contributed by atoms with E-state index in [0.29, 0.717) is 5.92 Å². The van der Waals surface area contributed by atoms with Crippen molar-refractivity contribution in [3.05, 3.63) is 58.1 Å². The molecule has 0 heterocycles. The zero-order valence-corrected chi connectivity index (χ0v) is 18.5. The summed E-state index contributed by atoms with van der Waals surface area (Å²) in [6.45, 7) is 10.2. The van der Waals surface area contributed by atoms with Gasteiger partial charge in [0.15, 0.2) is 13.5 Å². The van der Waals surface area contributed by atoms with Crippen LogP contribution in [0.2, 0.25) is 0 Å². The van der Waals surface area contributed by atoms with Crippen molar-refractivity contribution in [2.24, 2.45) is 0 Å². The normalized spacial score (nSPS) is 11.6. The Morgan fingerprint density at radius 2 is 1.68 bits per heavy atom. The van der Waals surface area contributed by atoms with Gasteiger partial charge in [0, 0.05) is 7.11 Å². The molecule has 0 bridgehead atoms. The SMILES string of the molecule is COCOc1ccc(Cc2c(C)cc(OCO[P+](C)=O)cc2C)cc1C(C)C. The van der Waals surface area contributed by atoms with E-state index < -0.39 is 8.03 Å². The highest BCUT2D eigenvalue weighted by Crippen LogP contribution is 2.30. The maximum Gasteiger partial charge on any atom is 0.508 e. The molecule has 0 aliphatic rings. The van der Waals surface area contributed by atoms with E-state index in [-0.39, 0.29) is 13.6 Å². The maximum atomic E-state index is 11.0. The van der Waals surface area contributed by atoms with Crippen molar-refractivity contribution in [2.45, 2.75) is 40.0 Å². The van der Waals surface area contributed by atoms with Gasteiger partial charge in [-0.2, -0.15) is 0 Å². The number of benzene rings is 2. The first kappa shape index (κ1) is 22.4. The van der Waals surface area contributed by atoms with Gasteiger partial charge in [0.1, 0.15) is 11.5 Å². The number of rotatable bonds is 10. The van der Waals surface area contributed by atoms with Crippen LogP contribution in [0.4, 0.5) is 0 Å². The molecule has 0 saturated carbocycles. The van der Waals surface area contributed by atoms with E-state index in [4.69, 9.17) is 18.7 Å². The van der Waals surface area contributed by atoms with Crippen LogP contribution < -0.4 is 9.47 Å². The molecule has 0 fully saturated rings. The Hall–Kier alpha value is -1.94. The molecule has 0 N–H and O–H groups in total. The highest BCUT2D eigenvalue weighted by molar-refractivity contribution is 7.38. The van der Waals surface area contributed by atoms with Crippen LogP contribution >= 0.6 is 8.03 Å². The third-order valence-corrected chi connectivity index (χ3v) is 5.01. The molecule has 2 aromatic rings. The lowest BCUT2D eigenvalue weighted by atomic mass is 9.93. The molecule has 28 heavy (non-hydrogen) atoms. The molecule has 2 aromatic carbocycles. The highest BCUT2D eigenvalue weighted by Gasteiger charge is 2.13. The van der Waals surface area contributed by atoms with Gasteiger partial charge in [0.2, 0.25) is 6.79 Å². The Balaban J connectivity index is 2.20. The van der Waals surface area contributed by atoms with Gasteiger partial charge in [-0.25, -0.2) is 0 Å². The standard InChI is InChI=1S/C22H30O5P/c1-15(2)20-11-18(7-8-22(20)26-13-24-5)12-21-16(3)9-19(10-17(21)4)25-14-27-28(6)23/h7-11,15H,12-14H2,1-6H3/q+1. The second-order valence-corrected chi connectivity index (χ2v) is 8.26. The van der Waals surface area contributed by atoms with Crippen molar-refractivity contribution in [1.29, 1.82) is 0 Å². The molecule has 0 aliphatic heterocycles. The van der Waals surface area contributed by atoms with Crippen LogP contribution in [0.25, 0.3) is 0 Å². The molecule has 6 heteroatoms. The second-order valence-electron chi connectivity index (χ2n) is 7.12. The molecule has 5 nitrogen and oxygen atoms in total. The third kappa shape index (κ3) is 6.30. The van der Waals surface area contributed by atoms with Gasteiger partial charge in [-0.05, 0) is 76.8 Å². The molecule has 1 atom stereocenters. The molecule has 0 aromatic heterocycles. The average Bonchev–Trinajstić information content (AvgIpc) is 2.63. The van der Waals surface area contributed by atoms with Gasteiger partial charge >= 0.3 is 8.03 Å². The maximum absolute atomic E-state index is 11.0. The van der Waals surface area contributed by atoms with Crippen molar-refractivity contribution in [3.63, 3.8) is 0 Å². The van der Waals surface area contributed by atoms with Crippen LogP contribution in [-0.2, 0) is 20.2 Å². The molecule has 152 valence electrons. The van der Waals surface area contributed by atoms with Crippen molar-refractivity contribution < 1.29 is 23.3 Å². The van der Waals surface area contributed by atoms with Crippen molar-refractivity contribution in [1.82, 2.24) is 0 Å². The summed E-state index contributed by atoms with van der Waals surface area (Å²) in [5.41, 5.74) is 5.99. The number of aryl methyl sites for hydroxylation is 2. The largest absolute Gasteiger partial charge is 0.508 e. The first-order valence-electron chi connectivity index (χ1n) is 9.33. The summed E-state index contributed by atoms with van der Waals surface area (Å²) in [4.78, 5) is 0.